The second-order valence-electron chi connectivity index (χ2n) is 8.05. The number of aliphatic hydroxyl groups is 1. The third-order valence-electron chi connectivity index (χ3n) is 5.59. The summed E-state index contributed by atoms with van der Waals surface area (Å²) < 4.78 is 25.8. The molecule has 1 amide bonds. The van der Waals surface area contributed by atoms with E-state index in [9.17, 15) is 13.2 Å². The average molecular weight is 476 g/mol. The van der Waals surface area contributed by atoms with Gasteiger partial charge in [-0.05, 0) is 65.9 Å². The van der Waals surface area contributed by atoms with E-state index in [1.807, 2.05) is 43.3 Å². The van der Waals surface area contributed by atoms with Crippen molar-refractivity contribution in [2.24, 2.45) is 5.73 Å². The number of aromatic nitrogens is 2. The largest absolute Gasteiger partial charge is 0.395 e. The molecule has 0 atom stereocenters. The first-order valence-electron chi connectivity index (χ1n) is 10.8. The lowest BCUT2D eigenvalue weighted by Gasteiger charge is -2.08. The average Bonchev–Trinajstić information content (AvgIpc) is 3.22. The zero-order valence-electron chi connectivity index (χ0n) is 18.7. The summed E-state index contributed by atoms with van der Waals surface area (Å²) in [4.78, 5) is 11.6. The van der Waals surface area contributed by atoms with Gasteiger partial charge >= 0.3 is 0 Å². The van der Waals surface area contributed by atoms with Crippen molar-refractivity contribution in [1.29, 1.82) is 0 Å². The highest BCUT2D eigenvalue weighted by Gasteiger charge is 2.13. The summed E-state index contributed by atoms with van der Waals surface area (Å²) in [6.45, 7) is 1.48. The van der Waals surface area contributed by atoms with Crippen LogP contribution in [0.15, 0.2) is 83.8 Å². The minimum absolute atomic E-state index is 0.210. The minimum Gasteiger partial charge on any atom is -0.395 e. The Balaban J connectivity index is 1.45. The number of sulfone groups is 1. The van der Waals surface area contributed by atoms with Gasteiger partial charge in [0, 0.05) is 5.69 Å². The molecule has 1 heterocycles. The van der Waals surface area contributed by atoms with Gasteiger partial charge in [-0.3, -0.25) is 4.79 Å². The molecule has 3 N–H and O–H groups in total. The highest BCUT2D eigenvalue weighted by atomic mass is 32.2. The molecule has 0 aliphatic carbocycles. The van der Waals surface area contributed by atoms with E-state index >= 15 is 0 Å². The molecule has 0 radical (unpaired) electrons. The van der Waals surface area contributed by atoms with Gasteiger partial charge in [0.15, 0.2) is 15.5 Å². The molecule has 4 rings (SSSR count). The van der Waals surface area contributed by atoms with Gasteiger partial charge < -0.3 is 10.8 Å². The van der Waals surface area contributed by atoms with Crippen LogP contribution in [0.2, 0.25) is 0 Å². The van der Waals surface area contributed by atoms with Gasteiger partial charge in [0.05, 0.1) is 22.9 Å². The summed E-state index contributed by atoms with van der Waals surface area (Å²) in [5.41, 5.74) is 11.4. The maximum atomic E-state index is 12.1. The molecule has 7 nitrogen and oxygen atoms in total. The summed E-state index contributed by atoms with van der Waals surface area (Å²) >= 11 is 0. The van der Waals surface area contributed by atoms with Crippen LogP contribution in [0.25, 0.3) is 16.8 Å². The van der Waals surface area contributed by atoms with Gasteiger partial charge in [0.2, 0.25) is 0 Å². The third kappa shape index (κ3) is 5.08. The van der Waals surface area contributed by atoms with Crippen LogP contribution in [0.3, 0.4) is 0 Å². The molecule has 34 heavy (non-hydrogen) atoms. The third-order valence-corrected chi connectivity index (χ3v) is 7.30. The van der Waals surface area contributed by atoms with Crippen molar-refractivity contribution < 1.29 is 18.3 Å². The number of aryl methyl sites for hydroxylation is 1. The van der Waals surface area contributed by atoms with E-state index < -0.39 is 22.4 Å². The Labute approximate surface area is 198 Å². The zero-order chi connectivity index (χ0) is 24.3. The lowest BCUT2D eigenvalue weighted by atomic mass is 10.0. The van der Waals surface area contributed by atoms with E-state index in [0.717, 1.165) is 40.1 Å². The molecule has 3 aromatic carbocycles. The van der Waals surface area contributed by atoms with Gasteiger partial charge in [-0.2, -0.15) is 5.10 Å². The van der Waals surface area contributed by atoms with Crippen molar-refractivity contribution >= 4 is 15.7 Å². The van der Waals surface area contributed by atoms with Crippen molar-refractivity contribution in [3.8, 4) is 16.8 Å². The maximum absolute atomic E-state index is 12.1. The molecule has 0 aliphatic heterocycles. The van der Waals surface area contributed by atoms with Crippen molar-refractivity contribution in [3.63, 3.8) is 0 Å². The van der Waals surface area contributed by atoms with Crippen LogP contribution < -0.4 is 5.73 Å². The van der Waals surface area contributed by atoms with Crippen molar-refractivity contribution in [2.75, 3.05) is 12.4 Å². The number of nitrogens with zero attached hydrogens (tertiary/aromatic N) is 2. The summed E-state index contributed by atoms with van der Waals surface area (Å²) in [6.07, 6.45) is 0.753. The molecule has 0 bridgehead atoms. The van der Waals surface area contributed by atoms with Crippen LogP contribution >= 0.6 is 0 Å². The molecule has 0 unspecified atom stereocenters. The minimum atomic E-state index is -3.45. The number of carbonyl (C=O) groups excluding carboxylic acids is 1. The van der Waals surface area contributed by atoms with E-state index in [0.29, 0.717) is 0 Å². The molecule has 1 aromatic heterocycles. The van der Waals surface area contributed by atoms with Gasteiger partial charge in [0.1, 0.15) is 0 Å². The Morgan fingerprint density at radius 2 is 1.44 bits per heavy atom. The van der Waals surface area contributed by atoms with Gasteiger partial charge in [0.25, 0.3) is 5.91 Å². The highest BCUT2D eigenvalue weighted by Crippen LogP contribution is 2.23. The Bertz CT molecular complexity index is 1410. The number of benzene rings is 3. The number of nitrogens with two attached hydrogens (primary N) is 1. The quantitative estimate of drug-likeness (QED) is 0.406. The molecule has 0 fully saturated rings. The van der Waals surface area contributed by atoms with Crippen LogP contribution in [-0.2, 0) is 16.3 Å². The standard InChI is InChI=1S/C26H25N3O4S/c1-18-16-25(26(27)31)28-29(18)23-10-4-20(5-11-23)17-19-2-6-21(7-3-19)22-8-12-24(13-9-22)34(32,33)15-14-30/h2-13,16,30H,14-15,17H2,1H3,(H2,27,31). The van der Waals surface area contributed by atoms with E-state index in [-0.39, 0.29) is 16.3 Å². The maximum Gasteiger partial charge on any atom is 0.269 e. The van der Waals surface area contributed by atoms with E-state index in [1.165, 1.54) is 0 Å². The van der Waals surface area contributed by atoms with Crippen LogP contribution in [0.4, 0.5) is 0 Å². The molecule has 0 saturated carbocycles. The molecule has 0 spiro atoms. The predicted octanol–water partition coefficient (Wildman–Crippen LogP) is 3.30. The summed E-state index contributed by atoms with van der Waals surface area (Å²) in [5, 5.41) is 13.2. The fourth-order valence-electron chi connectivity index (χ4n) is 3.75. The smallest absolute Gasteiger partial charge is 0.269 e. The van der Waals surface area contributed by atoms with Gasteiger partial charge in [-0.1, -0.05) is 48.5 Å². The lowest BCUT2D eigenvalue weighted by Crippen LogP contribution is -2.12. The number of primary amides is 1. The molecular weight excluding hydrogens is 450 g/mol. The molecular formula is C26H25N3O4S. The van der Waals surface area contributed by atoms with Crippen LogP contribution in [0.5, 0.6) is 0 Å². The Hall–Kier alpha value is -3.75. The summed E-state index contributed by atoms with van der Waals surface area (Å²) in [6, 6.07) is 24.5. The number of aliphatic hydroxyl groups excluding tert-OH is 1. The highest BCUT2D eigenvalue weighted by molar-refractivity contribution is 7.91. The number of carbonyl (C=O) groups is 1. The van der Waals surface area contributed by atoms with E-state index in [1.54, 1.807) is 35.0 Å². The molecule has 0 saturated heterocycles. The lowest BCUT2D eigenvalue weighted by molar-refractivity contribution is 0.0995. The zero-order valence-corrected chi connectivity index (χ0v) is 19.5. The topological polar surface area (TPSA) is 115 Å². The SMILES string of the molecule is Cc1cc(C(N)=O)nn1-c1ccc(Cc2ccc(-c3ccc(S(=O)(=O)CCO)cc3)cc2)cc1. The van der Waals surface area contributed by atoms with Gasteiger partial charge in [-0.15, -0.1) is 0 Å². The number of hydrogen-bond donors (Lipinski definition) is 2. The Kier molecular flexibility index (Phi) is 6.63. The number of rotatable bonds is 8. The van der Waals surface area contributed by atoms with Crippen molar-refractivity contribution in [2.45, 2.75) is 18.2 Å². The first kappa shape index (κ1) is 23.4. The monoisotopic (exact) mass is 475 g/mol. The van der Waals surface area contributed by atoms with Crippen LogP contribution in [0.1, 0.15) is 27.3 Å². The fourth-order valence-corrected chi connectivity index (χ4v) is 4.78. The molecule has 0 aliphatic rings. The van der Waals surface area contributed by atoms with Crippen molar-refractivity contribution in [1.82, 2.24) is 9.78 Å². The second-order valence-corrected chi connectivity index (χ2v) is 10.2. The van der Waals surface area contributed by atoms with E-state index in [4.69, 9.17) is 10.8 Å². The second kappa shape index (κ2) is 9.62. The summed E-state index contributed by atoms with van der Waals surface area (Å²) in [5.74, 6) is -0.831. The normalized spacial score (nSPS) is 11.5. The van der Waals surface area contributed by atoms with Gasteiger partial charge in [-0.25, -0.2) is 13.1 Å². The Morgan fingerprint density at radius 3 is 1.94 bits per heavy atom. The summed E-state index contributed by atoms with van der Waals surface area (Å²) in [7, 11) is -3.45. The number of amides is 1. The Morgan fingerprint density at radius 1 is 0.912 bits per heavy atom. The molecule has 174 valence electrons. The van der Waals surface area contributed by atoms with Crippen LogP contribution in [-0.4, -0.2) is 41.6 Å². The predicted molar refractivity (Wildman–Crippen MR) is 131 cm³/mol. The van der Waals surface area contributed by atoms with Crippen molar-refractivity contribution in [3.05, 3.63) is 101 Å². The molecule has 4 aromatic rings. The number of hydrogen-bond acceptors (Lipinski definition) is 5. The van der Waals surface area contributed by atoms with E-state index in [2.05, 4.69) is 17.2 Å². The van der Waals surface area contributed by atoms with Crippen LogP contribution in [0, 0.1) is 6.92 Å². The first-order chi connectivity index (χ1) is 16.3. The first-order valence-corrected chi connectivity index (χ1v) is 12.4. The molecule has 8 heteroatoms. The fraction of sp³-hybridized carbons (Fsp3) is 0.154.